The van der Waals surface area contributed by atoms with E-state index in [4.69, 9.17) is 0 Å². The molecular formula is C21H18Se. The predicted molar refractivity (Wildman–Crippen MR) is 97.3 cm³/mol. The van der Waals surface area contributed by atoms with Gasteiger partial charge in [0.15, 0.2) is 0 Å². The van der Waals surface area contributed by atoms with Crippen LogP contribution in [0.15, 0.2) is 84.9 Å². The monoisotopic (exact) mass is 350 g/mol. The summed E-state index contributed by atoms with van der Waals surface area (Å²) in [5.41, 5.74) is 3.88. The molecule has 0 aliphatic heterocycles. The van der Waals surface area contributed by atoms with Gasteiger partial charge in [0, 0.05) is 0 Å². The van der Waals surface area contributed by atoms with E-state index in [2.05, 4.69) is 97.9 Å². The Balaban J connectivity index is 1.97. The number of aryl methyl sites for hydroxylation is 1. The topological polar surface area (TPSA) is 0 Å². The molecule has 0 fully saturated rings. The van der Waals surface area contributed by atoms with Gasteiger partial charge in [-0.05, 0) is 0 Å². The van der Waals surface area contributed by atoms with Crippen LogP contribution >= 0.6 is 0 Å². The minimum atomic E-state index is 0.299. The first-order valence-corrected chi connectivity index (χ1v) is 9.09. The summed E-state index contributed by atoms with van der Waals surface area (Å²) in [4.78, 5) is 0. The molecule has 22 heavy (non-hydrogen) atoms. The van der Waals surface area contributed by atoms with Crippen LogP contribution in [0.2, 0.25) is 0 Å². The van der Waals surface area contributed by atoms with Crippen LogP contribution in [0.4, 0.5) is 0 Å². The average Bonchev–Trinajstić information content (AvgIpc) is 2.58. The molecule has 0 aromatic heterocycles. The third-order valence-corrected chi connectivity index (χ3v) is 5.67. The summed E-state index contributed by atoms with van der Waals surface area (Å²) in [7, 11) is 0. The van der Waals surface area contributed by atoms with Crippen molar-refractivity contribution in [1.29, 1.82) is 0 Å². The first kappa shape index (κ1) is 14.8. The Bertz CT molecular complexity index is 741. The standard InChI is InChI=1S/C21H18Se/c1-17-12-14-18(15-13-17)16-21(19-8-4-2-5-9-19)22-20-10-6-3-7-11-20/h2-16H,1H3. The molecule has 0 heterocycles. The van der Waals surface area contributed by atoms with E-state index >= 15 is 0 Å². The number of hydrogen-bond acceptors (Lipinski definition) is 0. The van der Waals surface area contributed by atoms with Crippen molar-refractivity contribution in [3.05, 3.63) is 102 Å². The normalized spacial score (nSPS) is 11.4. The Morgan fingerprint density at radius 3 is 1.95 bits per heavy atom. The second kappa shape index (κ2) is 7.26. The zero-order chi connectivity index (χ0) is 15.2. The Hall–Kier alpha value is -2.08. The van der Waals surface area contributed by atoms with Crippen molar-refractivity contribution in [3.8, 4) is 0 Å². The van der Waals surface area contributed by atoms with E-state index in [0.29, 0.717) is 15.0 Å². The van der Waals surface area contributed by atoms with Crippen LogP contribution in [0.3, 0.4) is 0 Å². The van der Waals surface area contributed by atoms with Gasteiger partial charge in [0.2, 0.25) is 0 Å². The maximum atomic E-state index is 2.32. The molecule has 0 N–H and O–H groups in total. The number of benzene rings is 3. The van der Waals surface area contributed by atoms with E-state index < -0.39 is 0 Å². The van der Waals surface area contributed by atoms with E-state index in [1.54, 1.807) is 0 Å². The van der Waals surface area contributed by atoms with Crippen LogP contribution in [0.1, 0.15) is 16.7 Å². The van der Waals surface area contributed by atoms with Gasteiger partial charge >= 0.3 is 139 Å². The van der Waals surface area contributed by atoms with Gasteiger partial charge in [-0.3, -0.25) is 0 Å². The fourth-order valence-corrected chi connectivity index (χ4v) is 4.29. The van der Waals surface area contributed by atoms with Gasteiger partial charge in [0.1, 0.15) is 0 Å². The van der Waals surface area contributed by atoms with E-state index in [1.807, 2.05) is 0 Å². The molecule has 1 heteroatoms. The summed E-state index contributed by atoms with van der Waals surface area (Å²) in [5.74, 6) is 0. The molecule has 0 nitrogen and oxygen atoms in total. The first-order valence-electron chi connectivity index (χ1n) is 7.38. The molecule has 0 radical (unpaired) electrons. The van der Waals surface area contributed by atoms with Gasteiger partial charge < -0.3 is 0 Å². The summed E-state index contributed by atoms with van der Waals surface area (Å²) < 4.78 is 2.81. The molecule has 0 atom stereocenters. The van der Waals surface area contributed by atoms with E-state index in [0.717, 1.165) is 0 Å². The molecule has 0 unspecified atom stereocenters. The molecule has 0 aliphatic rings. The summed E-state index contributed by atoms with van der Waals surface area (Å²) in [6.45, 7) is 2.12. The molecule has 108 valence electrons. The second-order valence-electron chi connectivity index (χ2n) is 5.20. The van der Waals surface area contributed by atoms with Gasteiger partial charge in [-0.2, -0.15) is 0 Å². The molecule has 0 aliphatic carbocycles. The van der Waals surface area contributed by atoms with E-state index in [9.17, 15) is 0 Å². The molecule has 0 saturated heterocycles. The molecule has 0 bridgehead atoms. The van der Waals surface area contributed by atoms with Crippen LogP contribution in [-0.4, -0.2) is 15.0 Å². The van der Waals surface area contributed by atoms with Gasteiger partial charge in [-0.15, -0.1) is 0 Å². The van der Waals surface area contributed by atoms with Crippen molar-refractivity contribution in [2.24, 2.45) is 0 Å². The zero-order valence-corrected chi connectivity index (χ0v) is 14.3. The number of hydrogen-bond donors (Lipinski definition) is 0. The SMILES string of the molecule is Cc1ccc(C=C([Se]c2ccccc2)c2ccccc2)cc1. The van der Waals surface area contributed by atoms with Crippen LogP contribution in [0.5, 0.6) is 0 Å². The minimum absolute atomic E-state index is 0.299. The quantitative estimate of drug-likeness (QED) is 0.480. The Morgan fingerprint density at radius 2 is 1.32 bits per heavy atom. The maximum absolute atomic E-state index is 2.32. The van der Waals surface area contributed by atoms with Crippen molar-refractivity contribution in [3.63, 3.8) is 0 Å². The zero-order valence-electron chi connectivity index (χ0n) is 12.6. The van der Waals surface area contributed by atoms with Crippen LogP contribution in [0.25, 0.3) is 10.5 Å². The fraction of sp³-hybridized carbons (Fsp3) is 0.0476. The van der Waals surface area contributed by atoms with Gasteiger partial charge in [-0.1, -0.05) is 0 Å². The Labute approximate surface area is 138 Å². The summed E-state index contributed by atoms with van der Waals surface area (Å²) in [6.07, 6.45) is 2.32. The van der Waals surface area contributed by atoms with E-state index in [-0.39, 0.29) is 0 Å². The van der Waals surface area contributed by atoms with Gasteiger partial charge in [0.05, 0.1) is 0 Å². The summed E-state index contributed by atoms with van der Waals surface area (Å²) in [5, 5.41) is 0. The molecule has 0 saturated carbocycles. The Morgan fingerprint density at radius 1 is 0.727 bits per heavy atom. The molecule has 3 aromatic rings. The summed E-state index contributed by atoms with van der Waals surface area (Å²) >= 11 is 0.299. The second-order valence-corrected chi connectivity index (χ2v) is 7.54. The average molecular weight is 349 g/mol. The molecule has 0 amide bonds. The Kier molecular flexibility index (Phi) is 4.90. The third kappa shape index (κ3) is 3.98. The van der Waals surface area contributed by atoms with E-state index in [1.165, 1.54) is 25.6 Å². The predicted octanol–water partition coefficient (Wildman–Crippen LogP) is 4.52. The molecule has 0 spiro atoms. The van der Waals surface area contributed by atoms with Crippen molar-refractivity contribution < 1.29 is 0 Å². The van der Waals surface area contributed by atoms with Crippen molar-refractivity contribution in [2.45, 2.75) is 6.92 Å². The molecular weight excluding hydrogens is 331 g/mol. The molecule has 3 aromatic carbocycles. The van der Waals surface area contributed by atoms with Crippen molar-refractivity contribution in [1.82, 2.24) is 0 Å². The third-order valence-electron chi connectivity index (χ3n) is 3.40. The first-order chi connectivity index (χ1) is 10.8. The summed E-state index contributed by atoms with van der Waals surface area (Å²) in [6, 6.07) is 30.2. The van der Waals surface area contributed by atoms with Crippen molar-refractivity contribution in [2.75, 3.05) is 0 Å². The van der Waals surface area contributed by atoms with Crippen LogP contribution in [-0.2, 0) is 0 Å². The molecule has 3 rings (SSSR count). The van der Waals surface area contributed by atoms with Crippen molar-refractivity contribution >= 4 is 30.0 Å². The van der Waals surface area contributed by atoms with Crippen LogP contribution in [0, 0.1) is 6.92 Å². The van der Waals surface area contributed by atoms with Gasteiger partial charge in [-0.25, -0.2) is 0 Å². The van der Waals surface area contributed by atoms with Crippen LogP contribution < -0.4 is 4.46 Å². The fourth-order valence-electron chi connectivity index (χ4n) is 2.20. The number of rotatable bonds is 4. The van der Waals surface area contributed by atoms with Gasteiger partial charge in [0.25, 0.3) is 0 Å².